The lowest BCUT2D eigenvalue weighted by Gasteiger charge is -2.12. The summed E-state index contributed by atoms with van der Waals surface area (Å²) in [6.45, 7) is 4.41. The number of rotatable bonds is 6. The van der Waals surface area contributed by atoms with Gasteiger partial charge in [0.25, 0.3) is 0 Å². The fourth-order valence-electron chi connectivity index (χ4n) is 3.54. The molecule has 0 bridgehead atoms. The Morgan fingerprint density at radius 3 is 2.69 bits per heavy atom. The first kappa shape index (κ1) is 19.0. The van der Waals surface area contributed by atoms with E-state index in [0.29, 0.717) is 0 Å². The van der Waals surface area contributed by atoms with Crippen LogP contribution in [0.25, 0.3) is 34.4 Å². The van der Waals surface area contributed by atoms with Crippen molar-refractivity contribution in [3.63, 3.8) is 0 Å². The van der Waals surface area contributed by atoms with Crippen LogP contribution in [0, 0.1) is 6.92 Å². The molecular formula is C24H25N5. The predicted octanol–water partition coefficient (Wildman–Crippen LogP) is 5.25. The van der Waals surface area contributed by atoms with E-state index in [1.54, 1.807) is 18.7 Å². The highest BCUT2D eigenvalue weighted by Crippen LogP contribution is 2.29. The SMILES string of the molecule is CCCCc1cc2c(/C=C/c3ccnnc3)cc(-c3cncn3C)nc2cc1C. The van der Waals surface area contributed by atoms with E-state index < -0.39 is 0 Å². The third-order valence-electron chi connectivity index (χ3n) is 5.24. The number of nitrogens with zero attached hydrogens (tertiary/aromatic N) is 5. The molecule has 29 heavy (non-hydrogen) atoms. The molecule has 0 aliphatic rings. The lowest BCUT2D eigenvalue weighted by atomic mass is 9.97. The van der Waals surface area contributed by atoms with Crippen molar-refractivity contribution in [3.05, 3.63) is 71.4 Å². The molecule has 4 rings (SSSR count). The Morgan fingerprint density at radius 2 is 1.97 bits per heavy atom. The van der Waals surface area contributed by atoms with Crippen LogP contribution in [0.1, 0.15) is 42.0 Å². The topological polar surface area (TPSA) is 56.5 Å². The molecule has 3 aromatic heterocycles. The third kappa shape index (κ3) is 4.09. The maximum atomic E-state index is 4.96. The van der Waals surface area contributed by atoms with Gasteiger partial charge in [-0.05, 0) is 66.3 Å². The van der Waals surface area contributed by atoms with Crippen LogP contribution >= 0.6 is 0 Å². The standard InChI is InChI=1S/C24H25N5/c1-4-5-6-19-12-21-20(8-7-18-9-10-26-27-14-18)13-23(24-15-25-16-29(24)3)28-22(21)11-17(19)2/h7-16H,4-6H2,1-3H3/b8-7+. The van der Waals surface area contributed by atoms with E-state index in [4.69, 9.17) is 4.98 Å². The number of aromatic nitrogens is 5. The van der Waals surface area contributed by atoms with Crippen molar-refractivity contribution in [2.24, 2.45) is 7.05 Å². The summed E-state index contributed by atoms with van der Waals surface area (Å²) in [5, 5.41) is 8.99. The highest BCUT2D eigenvalue weighted by molar-refractivity contribution is 5.93. The zero-order chi connectivity index (χ0) is 20.2. The van der Waals surface area contributed by atoms with Crippen molar-refractivity contribution in [1.29, 1.82) is 0 Å². The van der Waals surface area contributed by atoms with E-state index >= 15 is 0 Å². The van der Waals surface area contributed by atoms with Crippen molar-refractivity contribution in [1.82, 2.24) is 24.7 Å². The second kappa shape index (κ2) is 8.35. The van der Waals surface area contributed by atoms with Gasteiger partial charge in [-0.15, -0.1) is 0 Å². The van der Waals surface area contributed by atoms with Gasteiger partial charge in [0.1, 0.15) is 0 Å². The zero-order valence-corrected chi connectivity index (χ0v) is 17.1. The van der Waals surface area contributed by atoms with Gasteiger partial charge in [-0.2, -0.15) is 10.2 Å². The second-order valence-corrected chi connectivity index (χ2v) is 7.40. The molecule has 0 atom stereocenters. The molecule has 1 aromatic carbocycles. The molecule has 5 heteroatoms. The highest BCUT2D eigenvalue weighted by Gasteiger charge is 2.11. The molecular weight excluding hydrogens is 358 g/mol. The van der Waals surface area contributed by atoms with Gasteiger partial charge in [0, 0.05) is 12.4 Å². The molecule has 0 aliphatic heterocycles. The van der Waals surface area contributed by atoms with Gasteiger partial charge in [0.15, 0.2) is 0 Å². The Balaban J connectivity index is 1.88. The Labute approximate surface area is 171 Å². The highest BCUT2D eigenvalue weighted by atomic mass is 15.1. The number of pyridine rings is 1. The molecule has 0 N–H and O–H groups in total. The Kier molecular flexibility index (Phi) is 5.47. The number of hydrogen-bond donors (Lipinski definition) is 0. The van der Waals surface area contributed by atoms with Gasteiger partial charge < -0.3 is 4.57 Å². The maximum Gasteiger partial charge on any atom is 0.0948 e. The largest absolute Gasteiger partial charge is 0.332 e. The average Bonchev–Trinajstić information content (AvgIpc) is 3.17. The summed E-state index contributed by atoms with van der Waals surface area (Å²) >= 11 is 0. The lowest BCUT2D eigenvalue weighted by molar-refractivity contribution is 0.792. The number of imidazole rings is 1. The van der Waals surface area contributed by atoms with Crippen LogP contribution in [0.4, 0.5) is 0 Å². The quantitative estimate of drug-likeness (QED) is 0.456. The van der Waals surface area contributed by atoms with Crippen LogP contribution < -0.4 is 0 Å². The molecule has 4 aromatic rings. The van der Waals surface area contributed by atoms with Gasteiger partial charge in [-0.25, -0.2) is 9.97 Å². The summed E-state index contributed by atoms with van der Waals surface area (Å²) < 4.78 is 2.00. The Morgan fingerprint density at radius 1 is 1.07 bits per heavy atom. The first-order valence-corrected chi connectivity index (χ1v) is 10.0. The van der Waals surface area contributed by atoms with Gasteiger partial charge >= 0.3 is 0 Å². The molecule has 0 unspecified atom stereocenters. The number of fused-ring (bicyclic) bond motifs is 1. The number of unbranched alkanes of at least 4 members (excludes halogenated alkanes) is 1. The van der Waals surface area contributed by atoms with Gasteiger partial charge in [0.05, 0.1) is 41.8 Å². The van der Waals surface area contributed by atoms with Crippen molar-refractivity contribution in [2.45, 2.75) is 33.1 Å². The molecule has 5 nitrogen and oxygen atoms in total. The third-order valence-corrected chi connectivity index (χ3v) is 5.24. The summed E-state index contributed by atoms with van der Waals surface area (Å²) in [5.74, 6) is 0. The van der Waals surface area contributed by atoms with E-state index in [-0.39, 0.29) is 0 Å². The summed E-state index contributed by atoms with van der Waals surface area (Å²) in [6.07, 6.45) is 14.8. The van der Waals surface area contributed by atoms with Crippen LogP contribution in [-0.2, 0) is 13.5 Å². The van der Waals surface area contributed by atoms with Crippen LogP contribution in [0.5, 0.6) is 0 Å². The summed E-state index contributed by atoms with van der Waals surface area (Å²) in [4.78, 5) is 9.22. The van der Waals surface area contributed by atoms with E-state index in [2.05, 4.69) is 59.4 Å². The lowest BCUT2D eigenvalue weighted by Crippen LogP contribution is -1.97. The van der Waals surface area contributed by atoms with E-state index in [1.165, 1.54) is 29.4 Å². The van der Waals surface area contributed by atoms with E-state index in [1.807, 2.05) is 23.9 Å². The van der Waals surface area contributed by atoms with Gasteiger partial charge in [0.2, 0.25) is 0 Å². The first-order valence-electron chi connectivity index (χ1n) is 10.0. The minimum absolute atomic E-state index is 0.922. The van der Waals surface area contributed by atoms with E-state index in [0.717, 1.165) is 34.5 Å². The fourth-order valence-corrected chi connectivity index (χ4v) is 3.54. The molecule has 146 valence electrons. The number of aryl methyl sites for hydroxylation is 3. The van der Waals surface area contributed by atoms with Crippen LogP contribution in [0.15, 0.2) is 49.2 Å². The predicted molar refractivity (Wildman–Crippen MR) is 118 cm³/mol. The molecule has 0 fully saturated rings. The molecule has 0 aliphatic carbocycles. The second-order valence-electron chi connectivity index (χ2n) is 7.40. The summed E-state index contributed by atoms with van der Waals surface area (Å²) in [6, 6.07) is 8.62. The zero-order valence-electron chi connectivity index (χ0n) is 17.1. The molecule has 0 spiro atoms. The first-order chi connectivity index (χ1) is 14.2. The summed E-state index contributed by atoms with van der Waals surface area (Å²) in [5.41, 5.74) is 7.79. The van der Waals surface area contributed by atoms with E-state index in [9.17, 15) is 0 Å². The van der Waals surface area contributed by atoms with Crippen LogP contribution in [0.3, 0.4) is 0 Å². The van der Waals surface area contributed by atoms with Crippen molar-refractivity contribution in [3.8, 4) is 11.4 Å². The molecule has 0 radical (unpaired) electrons. The average molecular weight is 383 g/mol. The minimum atomic E-state index is 0.922. The van der Waals surface area contributed by atoms with Gasteiger partial charge in [-0.1, -0.05) is 25.5 Å². The minimum Gasteiger partial charge on any atom is -0.332 e. The summed E-state index contributed by atoms with van der Waals surface area (Å²) in [7, 11) is 1.99. The van der Waals surface area contributed by atoms with Crippen LogP contribution in [-0.4, -0.2) is 24.7 Å². The Bertz CT molecular complexity index is 1160. The van der Waals surface area contributed by atoms with Crippen molar-refractivity contribution in [2.75, 3.05) is 0 Å². The molecule has 0 amide bonds. The number of benzene rings is 1. The van der Waals surface area contributed by atoms with Crippen LogP contribution in [0.2, 0.25) is 0 Å². The maximum absolute atomic E-state index is 4.96. The molecule has 0 saturated heterocycles. The number of hydrogen-bond acceptors (Lipinski definition) is 4. The monoisotopic (exact) mass is 383 g/mol. The van der Waals surface area contributed by atoms with Gasteiger partial charge in [-0.3, -0.25) is 0 Å². The normalized spacial score (nSPS) is 11.6. The fraction of sp³-hybridized carbons (Fsp3) is 0.250. The Hall–Kier alpha value is -3.34. The molecule has 0 saturated carbocycles. The molecule has 3 heterocycles. The van der Waals surface area contributed by atoms with Crippen molar-refractivity contribution >= 4 is 23.1 Å². The smallest absolute Gasteiger partial charge is 0.0948 e. The van der Waals surface area contributed by atoms with Crippen molar-refractivity contribution < 1.29 is 0 Å².